The van der Waals surface area contributed by atoms with Crippen molar-refractivity contribution >= 4 is 0 Å². The number of halogens is 1. The van der Waals surface area contributed by atoms with Crippen molar-refractivity contribution in [3.8, 4) is 0 Å². The monoisotopic (exact) mass is 283 g/mol. The Morgan fingerprint density at radius 2 is 1.75 bits per heavy atom. The summed E-state index contributed by atoms with van der Waals surface area (Å²) in [4.78, 5) is 0. The number of hydrogen-bond acceptors (Lipinski definition) is 4. The number of aryl methyl sites for hydroxylation is 1. The molecule has 1 rings (SSSR count). The third kappa shape index (κ3) is 9.61. The van der Waals surface area contributed by atoms with Gasteiger partial charge in [0.25, 0.3) is 0 Å². The van der Waals surface area contributed by atoms with Crippen LogP contribution in [0.1, 0.15) is 57.2 Å². The van der Waals surface area contributed by atoms with Crippen LogP contribution in [0.3, 0.4) is 0 Å². The summed E-state index contributed by atoms with van der Waals surface area (Å²) in [6.07, 6.45) is 14.4. The van der Waals surface area contributed by atoms with E-state index < -0.39 is 0 Å². The molecule has 0 bridgehead atoms. The van der Waals surface area contributed by atoms with E-state index in [1.807, 2.05) is 0 Å². The van der Waals surface area contributed by atoms with Crippen LogP contribution in [-0.2, 0) is 6.42 Å². The second kappa shape index (κ2) is 11.5. The first-order valence-electron chi connectivity index (χ1n) is 7.53. The minimum absolute atomic E-state index is 0.536. The number of H-pyrrole nitrogens is 1. The number of allylic oxidation sites excluding steroid dienone is 2. The van der Waals surface area contributed by atoms with Crippen molar-refractivity contribution in [3.63, 3.8) is 0 Å². The zero-order valence-corrected chi connectivity index (χ0v) is 12.4. The third-order valence-corrected chi connectivity index (χ3v) is 3.16. The molecule has 1 aromatic rings. The van der Waals surface area contributed by atoms with Gasteiger partial charge in [-0.05, 0) is 38.5 Å². The molecule has 0 spiro atoms. The maximum atomic E-state index is 12.4. The van der Waals surface area contributed by atoms with E-state index in [4.69, 9.17) is 0 Å². The Hall–Kier alpha value is -1.30. The average Bonchev–Trinajstić information content (AvgIpc) is 2.93. The van der Waals surface area contributed by atoms with Gasteiger partial charge in [-0.25, -0.2) is 0 Å². The van der Waals surface area contributed by atoms with Crippen LogP contribution in [0.4, 0.5) is 4.48 Å². The van der Waals surface area contributed by atoms with Gasteiger partial charge in [0.2, 0.25) is 0 Å². The Morgan fingerprint density at radius 3 is 2.40 bits per heavy atom. The van der Waals surface area contributed by atoms with Gasteiger partial charge >= 0.3 is 0 Å². The molecule has 0 atom stereocenters. The standard InChI is InChI=1S/C14H26FN5/c1-20(15)13-11-9-7-5-3-2-4-6-8-10-12-14-16-18-19-17-14/h3,5H,2,4,6-13H2,1H3,(H,16,17,18,19)/b5-3-. The van der Waals surface area contributed by atoms with E-state index in [1.54, 1.807) is 0 Å². The number of unbranched alkanes of at least 4 members (excludes halogenated alkanes) is 6. The first-order valence-corrected chi connectivity index (χ1v) is 7.53. The Labute approximate surface area is 120 Å². The lowest BCUT2D eigenvalue weighted by molar-refractivity contribution is 0.0583. The molecule has 1 aromatic heterocycles. The van der Waals surface area contributed by atoms with Crippen molar-refractivity contribution in [2.45, 2.75) is 57.8 Å². The Balaban J connectivity index is 1.80. The van der Waals surface area contributed by atoms with Gasteiger partial charge in [-0.2, -0.15) is 5.21 Å². The first kappa shape index (κ1) is 16.8. The van der Waals surface area contributed by atoms with Gasteiger partial charge in [-0.3, -0.25) is 0 Å². The highest BCUT2D eigenvalue weighted by atomic mass is 19.2. The molecule has 114 valence electrons. The number of aromatic nitrogens is 4. The number of aromatic amines is 1. The van der Waals surface area contributed by atoms with Crippen molar-refractivity contribution in [1.29, 1.82) is 0 Å². The Morgan fingerprint density at radius 1 is 1.05 bits per heavy atom. The van der Waals surface area contributed by atoms with Crippen molar-refractivity contribution in [3.05, 3.63) is 18.0 Å². The fraction of sp³-hybridized carbons (Fsp3) is 0.786. The summed E-state index contributed by atoms with van der Waals surface area (Å²) >= 11 is 0. The summed E-state index contributed by atoms with van der Waals surface area (Å²) in [7, 11) is 1.47. The Kier molecular flexibility index (Phi) is 9.65. The van der Waals surface area contributed by atoms with Crippen LogP contribution < -0.4 is 0 Å². The Bertz CT molecular complexity index is 337. The molecule has 0 radical (unpaired) electrons. The van der Waals surface area contributed by atoms with Crippen molar-refractivity contribution in [2.75, 3.05) is 13.6 Å². The lowest BCUT2D eigenvalue weighted by Gasteiger charge is -2.02. The van der Waals surface area contributed by atoms with Gasteiger partial charge in [0.15, 0.2) is 5.82 Å². The number of hydrogen-bond donors (Lipinski definition) is 1. The van der Waals surface area contributed by atoms with Crippen molar-refractivity contribution < 1.29 is 4.48 Å². The smallest absolute Gasteiger partial charge is 0.174 e. The van der Waals surface area contributed by atoms with E-state index in [1.165, 1.54) is 26.3 Å². The topological polar surface area (TPSA) is 57.7 Å². The number of tetrazole rings is 1. The van der Waals surface area contributed by atoms with Gasteiger partial charge < -0.3 is 0 Å². The van der Waals surface area contributed by atoms with Gasteiger partial charge in [0, 0.05) is 20.0 Å². The maximum absolute atomic E-state index is 12.4. The van der Waals surface area contributed by atoms with E-state index in [9.17, 15) is 4.48 Å². The van der Waals surface area contributed by atoms with Crippen LogP contribution in [0.5, 0.6) is 0 Å². The molecule has 0 saturated heterocycles. The molecule has 0 aromatic carbocycles. The summed E-state index contributed by atoms with van der Waals surface area (Å²) in [5.41, 5.74) is 0. The fourth-order valence-corrected chi connectivity index (χ4v) is 2.01. The summed E-state index contributed by atoms with van der Waals surface area (Å²) < 4.78 is 12.4. The molecule has 1 heterocycles. The predicted octanol–water partition coefficient (Wildman–Crippen LogP) is 3.24. The number of nitrogens with one attached hydrogen (secondary N) is 1. The van der Waals surface area contributed by atoms with Gasteiger partial charge in [-0.15, -0.1) is 19.8 Å². The molecular weight excluding hydrogens is 257 g/mol. The summed E-state index contributed by atoms with van der Waals surface area (Å²) in [6.45, 7) is 0.536. The second-order valence-corrected chi connectivity index (χ2v) is 5.08. The van der Waals surface area contributed by atoms with Crippen LogP contribution >= 0.6 is 0 Å². The highest BCUT2D eigenvalue weighted by Gasteiger charge is 1.97. The SMILES string of the molecule is CN(F)CCCC/C=C\CCCCCCc1nn[nH]n1. The number of rotatable bonds is 12. The molecule has 0 amide bonds. The molecule has 1 N–H and O–H groups in total. The van der Waals surface area contributed by atoms with E-state index >= 15 is 0 Å². The summed E-state index contributed by atoms with van der Waals surface area (Å²) in [5, 5.41) is 14.6. The van der Waals surface area contributed by atoms with E-state index in [0.29, 0.717) is 6.54 Å². The van der Waals surface area contributed by atoms with Crippen LogP contribution in [0.15, 0.2) is 12.2 Å². The van der Waals surface area contributed by atoms with Gasteiger partial charge in [0.05, 0.1) is 0 Å². The molecular formula is C14H26FN5. The molecule has 6 heteroatoms. The van der Waals surface area contributed by atoms with E-state index in [0.717, 1.165) is 49.5 Å². The molecule has 0 saturated carbocycles. The van der Waals surface area contributed by atoms with Crippen molar-refractivity contribution in [2.24, 2.45) is 0 Å². The molecule has 5 nitrogen and oxygen atoms in total. The van der Waals surface area contributed by atoms with Crippen LogP contribution in [0.2, 0.25) is 0 Å². The van der Waals surface area contributed by atoms with Gasteiger partial charge in [0.1, 0.15) is 0 Å². The fourth-order valence-electron chi connectivity index (χ4n) is 2.01. The lowest BCUT2D eigenvalue weighted by Crippen LogP contribution is -2.07. The third-order valence-electron chi connectivity index (χ3n) is 3.16. The van der Waals surface area contributed by atoms with Crippen LogP contribution in [-0.4, -0.2) is 39.3 Å². The molecule has 0 aliphatic heterocycles. The summed E-state index contributed by atoms with van der Waals surface area (Å²) in [5.74, 6) is 0.809. The zero-order chi connectivity index (χ0) is 14.5. The highest BCUT2D eigenvalue weighted by molar-refractivity contribution is 4.81. The normalized spacial score (nSPS) is 11.8. The minimum Gasteiger partial charge on any atom is -0.177 e. The van der Waals surface area contributed by atoms with Crippen LogP contribution in [0.25, 0.3) is 0 Å². The zero-order valence-electron chi connectivity index (χ0n) is 12.4. The van der Waals surface area contributed by atoms with Gasteiger partial charge in [-0.1, -0.05) is 30.2 Å². The average molecular weight is 283 g/mol. The molecule has 0 aliphatic rings. The molecule has 0 unspecified atom stereocenters. The molecule has 0 aliphatic carbocycles. The second-order valence-electron chi connectivity index (χ2n) is 5.08. The molecule has 20 heavy (non-hydrogen) atoms. The van der Waals surface area contributed by atoms with E-state index in [2.05, 4.69) is 32.8 Å². The minimum atomic E-state index is 0.536. The number of nitrogens with zero attached hydrogens (tertiary/aromatic N) is 4. The quantitative estimate of drug-likeness (QED) is 0.363. The van der Waals surface area contributed by atoms with E-state index in [-0.39, 0.29) is 0 Å². The lowest BCUT2D eigenvalue weighted by atomic mass is 10.1. The van der Waals surface area contributed by atoms with Crippen LogP contribution in [0, 0.1) is 0 Å². The largest absolute Gasteiger partial charge is 0.177 e. The maximum Gasteiger partial charge on any atom is 0.174 e. The predicted molar refractivity (Wildman–Crippen MR) is 77.7 cm³/mol. The summed E-state index contributed by atoms with van der Waals surface area (Å²) in [6, 6.07) is 0. The van der Waals surface area contributed by atoms with Crippen molar-refractivity contribution in [1.82, 2.24) is 25.7 Å². The first-order chi connectivity index (χ1) is 9.79. The highest BCUT2D eigenvalue weighted by Crippen LogP contribution is 2.07. The molecule has 0 fully saturated rings.